The summed E-state index contributed by atoms with van der Waals surface area (Å²) < 4.78 is 33.4. The molecule has 0 aromatic rings. The van der Waals surface area contributed by atoms with E-state index in [0.717, 1.165) is 19.1 Å². The highest BCUT2D eigenvalue weighted by atomic mass is 32.2. The monoisotopic (exact) mass is 337 g/mol. The Morgan fingerprint density at radius 2 is 1.71 bits per heavy atom. The number of sulfonamides is 1. The smallest absolute Gasteiger partial charge is 0.215 e. The fraction of sp³-hybridized carbons (Fsp3) is 1.00. The van der Waals surface area contributed by atoms with Crippen molar-refractivity contribution in [1.82, 2.24) is 4.72 Å². The summed E-state index contributed by atoms with van der Waals surface area (Å²) in [6.45, 7) is 15.6. The molecule has 0 aliphatic heterocycles. The van der Waals surface area contributed by atoms with Crippen LogP contribution in [0.25, 0.3) is 0 Å². The fourth-order valence-corrected chi connectivity index (χ4v) is 5.45. The molecule has 128 valence electrons. The summed E-state index contributed by atoms with van der Waals surface area (Å²) in [6.07, 6.45) is 1.54. The van der Waals surface area contributed by atoms with E-state index in [1.54, 1.807) is 0 Å². The van der Waals surface area contributed by atoms with E-state index < -0.39 is 19.8 Å². The van der Waals surface area contributed by atoms with E-state index in [0.29, 0.717) is 13.0 Å². The third-order valence-electron chi connectivity index (χ3n) is 3.36. The predicted octanol–water partition coefficient (Wildman–Crippen LogP) is 2.69. The quantitative estimate of drug-likeness (QED) is 0.520. The summed E-state index contributed by atoms with van der Waals surface area (Å²) >= 11 is 0. The molecule has 0 aliphatic carbocycles. The first-order chi connectivity index (χ1) is 9.40. The topological polar surface area (TPSA) is 55.4 Å². The van der Waals surface area contributed by atoms with Gasteiger partial charge in [-0.25, -0.2) is 13.1 Å². The third-order valence-corrected chi connectivity index (χ3v) is 7.08. The minimum Gasteiger partial charge on any atom is -0.424 e. The highest BCUT2D eigenvalue weighted by Gasteiger charge is 2.38. The van der Waals surface area contributed by atoms with Crippen LogP contribution in [0.3, 0.4) is 0 Å². The molecule has 0 aliphatic rings. The Morgan fingerprint density at radius 3 is 2.14 bits per heavy atom. The second-order valence-electron chi connectivity index (χ2n) is 7.96. The molecule has 0 saturated heterocycles. The van der Waals surface area contributed by atoms with Gasteiger partial charge in [-0.15, -0.1) is 0 Å². The van der Waals surface area contributed by atoms with Crippen molar-refractivity contribution in [3.05, 3.63) is 0 Å². The molecule has 0 fully saturated rings. The highest BCUT2D eigenvalue weighted by Crippen LogP contribution is 2.34. The minimum atomic E-state index is -3.28. The van der Waals surface area contributed by atoms with E-state index in [1.807, 2.05) is 27.7 Å². The lowest BCUT2D eigenvalue weighted by atomic mass is 9.81. The normalized spacial score (nSPS) is 15.8. The fourth-order valence-electron chi connectivity index (χ4n) is 2.23. The Bertz CT molecular complexity index is 383. The van der Waals surface area contributed by atoms with E-state index >= 15 is 0 Å². The molecule has 21 heavy (non-hydrogen) atoms. The van der Waals surface area contributed by atoms with Crippen LogP contribution in [-0.2, 0) is 14.4 Å². The van der Waals surface area contributed by atoms with Gasteiger partial charge in [-0.05, 0) is 36.6 Å². The van der Waals surface area contributed by atoms with Crippen LogP contribution in [0.4, 0.5) is 0 Å². The molecule has 6 heteroatoms. The van der Waals surface area contributed by atoms with Gasteiger partial charge in [0.15, 0.2) is 9.76 Å². The van der Waals surface area contributed by atoms with E-state index in [-0.39, 0.29) is 16.1 Å². The molecular weight excluding hydrogens is 302 g/mol. The zero-order chi connectivity index (χ0) is 16.7. The summed E-state index contributed by atoms with van der Waals surface area (Å²) in [5.41, 5.74) is -0.270. The Labute approximate surface area is 134 Å². The molecule has 0 amide bonds. The number of hydrogen-bond donors (Lipinski definition) is 1. The van der Waals surface area contributed by atoms with Crippen LogP contribution in [0, 0.1) is 10.8 Å². The molecule has 1 unspecified atom stereocenters. The van der Waals surface area contributed by atoms with E-state index in [1.165, 1.54) is 0 Å². The molecule has 0 rings (SSSR count). The van der Waals surface area contributed by atoms with Crippen molar-refractivity contribution in [3.8, 4) is 0 Å². The molecule has 0 heterocycles. The Hall–Kier alpha value is 0.0869. The van der Waals surface area contributed by atoms with Gasteiger partial charge in [0.1, 0.15) is 0 Å². The molecule has 4 nitrogen and oxygen atoms in total. The molecule has 0 spiro atoms. The lowest BCUT2D eigenvalue weighted by molar-refractivity contribution is 0.275. The van der Waals surface area contributed by atoms with Crippen molar-refractivity contribution < 1.29 is 12.8 Å². The maximum atomic E-state index is 12.6. The average molecular weight is 338 g/mol. The standard InChI is InChI=1S/C15H35NO3SSi/c1-8-19-21-11-9-10-16-20(17,18)13(15(5,6)7)12-14(2,3)4/h13,16H,8-12,21H2,1-7H3. The molecule has 0 aromatic heterocycles. The molecular formula is C15H35NO3SSi. The average Bonchev–Trinajstić information content (AvgIpc) is 2.28. The lowest BCUT2D eigenvalue weighted by Crippen LogP contribution is -2.44. The van der Waals surface area contributed by atoms with Crippen LogP contribution in [0.5, 0.6) is 0 Å². The van der Waals surface area contributed by atoms with Gasteiger partial charge in [-0.3, -0.25) is 0 Å². The van der Waals surface area contributed by atoms with Crippen LogP contribution in [0.15, 0.2) is 0 Å². The third kappa shape index (κ3) is 9.66. The van der Waals surface area contributed by atoms with Crippen LogP contribution in [0.2, 0.25) is 6.04 Å². The Kier molecular flexibility index (Phi) is 8.69. The van der Waals surface area contributed by atoms with Gasteiger partial charge in [-0.2, -0.15) is 0 Å². The zero-order valence-corrected chi connectivity index (χ0v) is 17.2. The molecule has 1 N–H and O–H groups in total. The lowest BCUT2D eigenvalue weighted by Gasteiger charge is -2.35. The zero-order valence-electron chi connectivity index (χ0n) is 15.0. The second-order valence-corrected chi connectivity index (χ2v) is 11.4. The summed E-state index contributed by atoms with van der Waals surface area (Å²) in [6, 6.07) is 1.02. The van der Waals surface area contributed by atoms with Gasteiger partial charge in [0.2, 0.25) is 10.0 Å². The predicted molar refractivity (Wildman–Crippen MR) is 93.8 cm³/mol. The summed E-state index contributed by atoms with van der Waals surface area (Å²) in [5.74, 6) is 0. The maximum absolute atomic E-state index is 12.6. The van der Waals surface area contributed by atoms with Gasteiger partial charge in [0.05, 0.1) is 5.25 Å². The van der Waals surface area contributed by atoms with Gasteiger partial charge in [0, 0.05) is 13.2 Å². The van der Waals surface area contributed by atoms with E-state index in [9.17, 15) is 8.42 Å². The molecule has 0 saturated carbocycles. The molecule has 0 aromatic carbocycles. The van der Waals surface area contributed by atoms with Gasteiger partial charge >= 0.3 is 0 Å². The van der Waals surface area contributed by atoms with Crippen molar-refractivity contribution in [1.29, 1.82) is 0 Å². The number of hydrogen-bond acceptors (Lipinski definition) is 3. The first-order valence-electron chi connectivity index (χ1n) is 7.96. The number of rotatable bonds is 9. The van der Waals surface area contributed by atoms with E-state index in [2.05, 4.69) is 25.5 Å². The Balaban J connectivity index is 4.59. The minimum absolute atomic E-state index is 0.00538. The van der Waals surface area contributed by atoms with Gasteiger partial charge in [-0.1, -0.05) is 41.5 Å². The van der Waals surface area contributed by atoms with Gasteiger partial charge < -0.3 is 4.43 Å². The molecule has 1 atom stereocenters. The first kappa shape index (κ1) is 21.1. The largest absolute Gasteiger partial charge is 0.424 e. The van der Waals surface area contributed by atoms with Gasteiger partial charge in [0.25, 0.3) is 0 Å². The van der Waals surface area contributed by atoms with Crippen LogP contribution in [0.1, 0.15) is 61.3 Å². The molecule has 0 radical (unpaired) electrons. The van der Waals surface area contributed by atoms with Crippen LogP contribution >= 0.6 is 0 Å². The van der Waals surface area contributed by atoms with Crippen molar-refractivity contribution >= 4 is 19.8 Å². The number of nitrogens with one attached hydrogen (secondary N) is 1. The molecule has 0 bridgehead atoms. The maximum Gasteiger partial charge on any atom is 0.215 e. The highest BCUT2D eigenvalue weighted by molar-refractivity contribution is 7.90. The summed E-state index contributed by atoms with van der Waals surface area (Å²) in [7, 11) is -3.74. The van der Waals surface area contributed by atoms with Crippen LogP contribution in [-0.4, -0.2) is 36.6 Å². The van der Waals surface area contributed by atoms with E-state index in [4.69, 9.17) is 4.43 Å². The van der Waals surface area contributed by atoms with Crippen molar-refractivity contribution in [3.63, 3.8) is 0 Å². The Morgan fingerprint density at radius 1 is 1.14 bits per heavy atom. The second kappa shape index (κ2) is 8.65. The summed E-state index contributed by atoms with van der Waals surface area (Å²) in [5, 5.41) is -0.367. The van der Waals surface area contributed by atoms with Crippen molar-refractivity contribution in [2.45, 2.75) is 72.6 Å². The SMILES string of the molecule is CCO[SiH2]CCCNS(=O)(=O)C(CC(C)(C)C)C(C)(C)C. The van der Waals surface area contributed by atoms with Crippen molar-refractivity contribution in [2.75, 3.05) is 13.2 Å². The summed E-state index contributed by atoms with van der Waals surface area (Å²) in [4.78, 5) is 0. The first-order valence-corrected chi connectivity index (χ1v) is 11.1. The van der Waals surface area contributed by atoms with Crippen LogP contribution < -0.4 is 4.72 Å². The van der Waals surface area contributed by atoms with Crippen molar-refractivity contribution in [2.24, 2.45) is 10.8 Å².